The molecule has 3 nitrogen and oxygen atoms in total. The van der Waals surface area contributed by atoms with Crippen LogP contribution >= 0.6 is 0 Å². The van der Waals surface area contributed by atoms with E-state index in [9.17, 15) is 4.79 Å². The molecule has 0 N–H and O–H groups in total. The van der Waals surface area contributed by atoms with Crippen molar-refractivity contribution in [2.75, 3.05) is 20.7 Å². The van der Waals surface area contributed by atoms with Crippen LogP contribution in [0.15, 0.2) is 0 Å². The second kappa shape index (κ2) is 6.89. The zero-order valence-corrected chi connectivity index (χ0v) is 10.9. The lowest BCUT2D eigenvalue weighted by Gasteiger charge is -2.36. The number of rotatable bonds is 5. The second-order valence-electron chi connectivity index (χ2n) is 4.92. The van der Waals surface area contributed by atoms with E-state index in [1.54, 1.807) is 0 Å². The van der Waals surface area contributed by atoms with Crippen LogP contribution in [-0.2, 0) is 9.53 Å². The van der Waals surface area contributed by atoms with E-state index in [1.807, 2.05) is 6.92 Å². The summed E-state index contributed by atoms with van der Waals surface area (Å²) in [4.78, 5) is 13.6. The van der Waals surface area contributed by atoms with Crippen LogP contribution in [0.2, 0.25) is 0 Å². The summed E-state index contributed by atoms with van der Waals surface area (Å²) in [6.45, 7) is 2.36. The van der Waals surface area contributed by atoms with Crippen molar-refractivity contribution in [1.82, 2.24) is 4.90 Å². The van der Waals surface area contributed by atoms with Crippen molar-refractivity contribution < 1.29 is 9.53 Å². The second-order valence-corrected chi connectivity index (χ2v) is 4.92. The van der Waals surface area contributed by atoms with Gasteiger partial charge in [0.2, 0.25) is 0 Å². The van der Waals surface area contributed by atoms with Crippen molar-refractivity contribution in [3.05, 3.63) is 0 Å². The minimum absolute atomic E-state index is 0.0365. The van der Waals surface area contributed by atoms with Gasteiger partial charge in [0, 0.05) is 12.5 Å². The Balaban J connectivity index is 2.35. The van der Waals surface area contributed by atoms with Gasteiger partial charge >= 0.3 is 5.97 Å². The normalized spacial score (nSPS) is 25.8. The van der Waals surface area contributed by atoms with Gasteiger partial charge in [-0.3, -0.25) is 4.79 Å². The molecule has 0 saturated heterocycles. The summed E-state index contributed by atoms with van der Waals surface area (Å²) in [7, 11) is 4.29. The van der Waals surface area contributed by atoms with E-state index in [4.69, 9.17) is 4.74 Å². The first-order valence-electron chi connectivity index (χ1n) is 6.47. The third-order valence-corrected chi connectivity index (χ3v) is 3.56. The SMILES string of the molecule is CCOC(=O)CCC1CCCCC1N(C)C. The van der Waals surface area contributed by atoms with E-state index >= 15 is 0 Å². The van der Waals surface area contributed by atoms with Crippen molar-refractivity contribution >= 4 is 5.97 Å². The number of esters is 1. The van der Waals surface area contributed by atoms with Crippen molar-refractivity contribution in [3.8, 4) is 0 Å². The fourth-order valence-electron chi connectivity index (χ4n) is 2.74. The number of ether oxygens (including phenoxy) is 1. The van der Waals surface area contributed by atoms with Crippen LogP contribution in [-0.4, -0.2) is 37.6 Å². The summed E-state index contributed by atoms with van der Waals surface area (Å²) >= 11 is 0. The summed E-state index contributed by atoms with van der Waals surface area (Å²) < 4.78 is 4.98. The van der Waals surface area contributed by atoms with Crippen LogP contribution in [0.1, 0.15) is 45.4 Å². The first-order chi connectivity index (χ1) is 7.65. The molecule has 1 aliphatic carbocycles. The van der Waals surface area contributed by atoms with Gasteiger partial charge in [0.15, 0.2) is 0 Å². The average Bonchev–Trinajstić information content (AvgIpc) is 2.27. The molecule has 3 heteroatoms. The van der Waals surface area contributed by atoms with Crippen molar-refractivity contribution in [3.63, 3.8) is 0 Å². The topological polar surface area (TPSA) is 29.5 Å². The van der Waals surface area contributed by atoms with Gasteiger partial charge in [0.05, 0.1) is 6.61 Å². The maximum absolute atomic E-state index is 11.3. The van der Waals surface area contributed by atoms with E-state index < -0.39 is 0 Å². The van der Waals surface area contributed by atoms with Crippen molar-refractivity contribution in [2.45, 2.75) is 51.5 Å². The summed E-state index contributed by atoms with van der Waals surface area (Å²) in [5, 5.41) is 0. The Bertz CT molecular complexity index is 216. The predicted octanol–water partition coefficient (Wildman–Crippen LogP) is 2.45. The molecule has 0 aromatic carbocycles. The molecule has 2 unspecified atom stereocenters. The highest BCUT2D eigenvalue weighted by Crippen LogP contribution is 2.30. The molecule has 1 saturated carbocycles. The van der Waals surface area contributed by atoms with Crippen molar-refractivity contribution in [2.24, 2.45) is 5.92 Å². The molecule has 1 aliphatic rings. The lowest BCUT2D eigenvalue weighted by atomic mass is 9.81. The molecular formula is C13H25NO2. The number of carbonyl (C=O) groups is 1. The average molecular weight is 227 g/mol. The minimum atomic E-state index is -0.0365. The van der Waals surface area contributed by atoms with Gasteiger partial charge in [-0.2, -0.15) is 0 Å². The molecule has 16 heavy (non-hydrogen) atoms. The molecule has 0 spiro atoms. The Morgan fingerprint density at radius 2 is 2.00 bits per heavy atom. The third kappa shape index (κ3) is 4.12. The summed E-state index contributed by atoms with van der Waals surface area (Å²) in [6.07, 6.45) is 6.77. The van der Waals surface area contributed by atoms with Crippen LogP contribution in [0.3, 0.4) is 0 Å². The fraction of sp³-hybridized carbons (Fsp3) is 0.923. The molecule has 94 valence electrons. The summed E-state index contributed by atoms with van der Waals surface area (Å²) in [5.74, 6) is 0.638. The molecular weight excluding hydrogens is 202 g/mol. The van der Waals surface area contributed by atoms with Crippen molar-refractivity contribution in [1.29, 1.82) is 0 Å². The van der Waals surface area contributed by atoms with Crippen LogP contribution < -0.4 is 0 Å². The first-order valence-corrected chi connectivity index (χ1v) is 6.47. The molecule has 0 aliphatic heterocycles. The quantitative estimate of drug-likeness (QED) is 0.676. The largest absolute Gasteiger partial charge is 0.466 e. The molecule has 0 amide bonds. The van der Waals surface area contributed by atoms with Crippen LogP contribution in [0.5, 0.6) is 0 Å². The first kappa shape index (κ1) is 13.5. The number of nitrogens with zero attached hydrogens (tertiary/aromatic N) is 1. The van der Waals surface area contributed by atoms with E-state index in [-0.39, 0.29) is 5.97 Å². The summed E-state index contributed by atoms with van der Waals surface area (Å²) in [6, 6.07) is 0.656. The lowest BCUT2D eigenvalue weighted by Crippen LogP contribution is -2.37. The Hall–Kier alpha value is -0.570. The highest BCUT2D eigenvalue weighted by atomic mass is 16.5. The number of hydrogen-bond acceptors (Lipinski definition) is 3. The monoisotopic (exact) mass is 227 g/mol. The zero-order chi connectivity index (χ0) is 12.0. The van der Waals surface area contributed by atoms with Gasteiger partial charge in [-0.25, -0.2) is 0 Å². The van der Waals surface area contributed by atoms with E-state index in [2.05, 4.69) is 19.0 Å². The summed E-state index contributed by atoms with van der Waals surface area (Å²) in [5.41, 5.74) is 0. The van der Waals surface area contributed by atoms with E-state index in [0.717, 1.165) is 6.42 Å². The Morgan fingerprint density at radius 1 is 1.31 bits per heavy atom. The molecule has 2 atom stereocenters. The minimum Gasteiger partial charge on any atom is -0.466 e. The van der Waals surface area contributed by atoms with Crippen LogP contribution in [0.25, 0.3) is 0 Å². The molecule has 0 bridgehead atoms. The highest BCUT2D eigenvalue weighted by molar-refractivity contribution is 5.69. The van der Waals surface area contributed by atoms with Gasteiger partial charge in [-0.1, -0.05) is 12.8 Å². The van der Waals surface area contributed by atoms with Crippen LogP contribution in [0.4, 0.5) is 0 Å². The van der Waals surface area contributed by atoms with E-state index in [0.29, 0.717) is 25.0 Å². The maximum Gasteiger partial charge on any atom is 0.305 e. The molecule has 0 radical (unpaired) electrons. The fourth-order valence-corrected chi connectivity index (χ4v) is 2.74. The molecule has 1 fully saturated rings. The molecule has 0 aromatic rings. The predicted molar refractivity (Wildman–Crippen MR) is 65.3 cm³/mol. The van der Waals surface area contributed by atoms with E-state index in [1.165, 1.54) is 25.7 Å². The van der Waals surface area contributed by atoms with Gasteiger partial charge < -0.3 is 9.64 Å². The standard InChI is InChI=1S/C13H25NO2/c1-4-16-13(15)10-9-11-7-5-6-8-12(11)14(2)3/h11-12H,4-10H2,1-3H3. The maximum atomic E-state index is 11.3. The highest BCUT2D eigenvalue weighted by Gasteiger charge is 2.26. The Labute approximate surface area is 99.1 Å². The number of hydrogen-bond donors (Lipinski definition) is 0. The third-order valence-electron chi connectivity index (χ3n) is 3.56. The van der Waals surface area contributed by atoms with Gasteiger partial charge in [0.1, 0.15) is 0 Å². The number of carbonyl (C=O) groups excluding carboxylic acids is 1. The Morgan fingerprint density at radius 3 is 2.62 bits per heavy atom. The van der Waals surface area contributed by atoms with Gasteiger partial charge in [0.25, 0.3) is 0 Å². The van der Waals surface area contributed by atoms with Gasteiger partial charge in [-0.05, 0) is 46.2 Å². The Kier molecular flexibility index (Phi) is 5.81. The van der Waals surface area contributed by atoms with Gasteiger partial charge in [-0.15, -0.1) is 0 Å². The molecule has 1 rings (SSSR count). The smallest absolute Gasteiger partial charge is 0.305 e. The zero-order valence-electron chi connectivity index (χ0n) is 10.9. The van der Waals surface area contributed by atoms with Crippen LogP contribution in [0, 0.1) is 5.92 Å². The molecule has 0 heterocycles. The lowest BCUT2D eigenvalue weighted by molar-refractivity contribution is -0.143. The molecule has 0 aromatic heterocycles.